The first kappa shape index (κ1) is 102. The smallest absolute Gasteiger partial charge is 0.337 e. The lowest BCUT2D eigenvalue weighted by molar-refractivity contribution is -0.167. The Bertz CT molecular complexity index is 7980. The van der Waals surface area contributed by atoms with E-state index < -0.39 is 59.2 Å². The molecule has 0 amide bonds. The maximum atomic E-state index is 13.6. The topological polar surface area (TPSA) is 237 Å². The molecule has 0 bridgehead atoms. The average molecular weight is 1950 g/mol. The highest BCUT2D eigenvalue weighted by molar-refractivity contribution is 6.15. The van der Waals surface area contributed by atoms with Crippen molar-refractivity contribution >= 4 is 116 Å². The first-order valence-electron chi connectivity index (χ1n) is 49.2. The van der Waals surface area contributed by atoms with Crippen LogP contribution >= 0.6 is 0 Å². The number of ketones is 3. The Hall–Kier alpha value is -14.5. The number of rotatable bonds is 22. The number of fused-ring (bicyclic) bond motifs is 4. The number of carbonyl (C=O) groups is 4. The van der Waals surface area contributed by atoms with Gasteiger partial charge in [-0.05, 0) is 357 Å². The standard InChI is InChI=1S/C32H32N2O4.C32H31NO3.C30H29F2NO3.C29H29NO5/c1-8-36-31-23-17-18(2)26(30(19(3)35)38-32(4,5)6)28(21(23)9-11-24(31)33-7)22-10-12-25-27-20(14-16-37-25)13-15-34-29(22)27;1-7-8-21-9-10-24-23(18-21)17-19(2)27(31(20(3)34)36-32(4,5)6)29(24)25-11-12-26-28-22(14-16-35-26)13-15-33-30(25)28;1-16-14-20-15-19(29(31)32)6-7-21(20)26(24(16)28(17(2)34)36-30(3,4)5)22-8-9-23-25-18(11-13-35-23)10-12-33-27(22)25;1-17-15-19-7-5-6-8-20(19)25(23(17)27(28(31)32)35-29(2,3)16-33-4)21-9-10-22-24-18(12-14-34-22)11-13-30-26(21)24/h9-13,15,17,30H,8,14,16H2,1-6H3;9-13,15,17-18,31H,14,16H2,1-6H3;6-10,12,14-15,28-29H,11,13H2,1-5H3;5-11,13,15,27H,12,14,16H2,1-4H3,(H,31,32)/t30-;31-;28-;27-/m1110/s1. The summed E-state index contributed by atoms with van der Waals surface area (Å²) in [5, 5.41) is 21.6. The molecule has 0 saturated carbocycles. The first-order valence-corrected chi connectivity index (χ1v) is 49.2. The summed E-state index contributed by atoms with van der Waals surface area (Å²) in [5.41, 5.74) is 20.5. The van der Waals surface area contributed by atoms with Gasteiger partial charge in [-0.3, -0.25) is 34.3 Å². The summed E-state index contributed by atoms with van der Waals surface area (Å²) in [7, 11) is 1.58. The Morgan fingerprint density at radius 3 is 1.16 bits per heavy atom. The van der Waals surface area contributed by atoms with Gasteiger partial charge < -0.3 is 52.5 Å². The Morgan fingerprint density at radius 1 is 0.434 bits per heavy atom. The second-order valence-electron chi connectivity index (χ2n) is 41.1. The van der Waals surface area contributed by atoms with E-state index in [4.69, 9.17) is 73.9 Å². The van der Waals surface area contributed by atoms with Crippen molar-refractivity contribution in [1.82, 2.24) is 19.9 Å². The van der Waals surface area contributed by atoms with Crippen LogP contribution in [0.2, 0.25) is 0 Å². The van der Waals surface area contributed by atoms with Gasteiger partial charge in [-0.25, -0.2) is 18.4 Å². The highest BCUT2D eigenvalue weighted by Gasteiger charge is 2.39. The van der Waals surface area contributed by atoms with Gasteiger partial charge in [0.25, 0.3) is 6.43 Å². The fraction of sp³-hybridized carbons (Fsp3) is 0.325. The van der Waals surface area contributed by atoms with Gasteiger partial charge >= 0.3 is 5.97 Å². The van der Waals surface area contributed by atoms with Crippen molar-refractivity contribution in [1.29, 1.82) is 0 Å². The minimum Gasteiger partial charge on any atom is -0.504 e. The number of alkyl halides is 2. The minimum atomic E-state index is -2.58. The molecule has 0 saturated heterocycles. The number of methoxy groups -OCH3 is 1. The number of pyridine rings is 4. The number of benzene rings is 12. The van der Waals surface area contributed by atoms with E-state index in [1.807, 2.05) is 245 Å². The molecule has 4 aliphatic rings. The van der Waals surface area contributed by atoms with Gasteiger partial charge in [0.2, 0.25) is 5.69 Å². The lowest BCUT2D eigenvalue weighted by Gasteiger charge is -2.31. The quantitative estimate of drug-likeness (QED) is 0.0490. The molecule has 0 unspecified atom stereocenters. The highest BCUT2D eigenvalue weighted by atomic mass is 19.3. The van der Waals surface area contributed by atoms with Crippen LogP contribution in [0.3, 0.4) is 0 Å². The van der Waals surface area contributed by atoms with Crippen LogP contribution < -0.4 is 23.7 Å². The molecular weight excluding hydrogens is 1830 g/mol. The molecule has 4 atom stereocenters. The van der Waals surface area contributed by atoms with Gasteiger partial charge in [-0.15, -0.1) is 5.92 Å². The number of hydrogen-bond acceptors (Lipinski definition) is 18. The average Bonchev–Trinajstić information content (AvgIpc) is 0.734. The molecular formula is C123H121F2N5O15. The highest BCUT2D eigenvalue weighted by Crippen LogP contribution is 2.54. The fourth-order valence-electron chi connectivity index (χ4n) is 20.9. The molecule has 742 valence electrons. The van der Waals surface area contributed by atoms with Gasteiger partial charge in [0.05, 0.1) is 90.7 Å². The van der Waals surface area contributed by atoms with Crippen LogP contribution in [-0.4, -0.2) is 118 Å². The molecule has 16 aromatic rings. The van der Waals surface area contributed by atoms with Crippen molar-refractivity contribution < 1.29 is 80.4 Å². The van der Waals surface area contributed by atoms with Gasteiger partial charge in [-0.2, -0.15) is 0 Å². The predicted octanol–water partition coefficient (Wildman–Crippen LogP) is 28.4. The Balaban J connectivity index is 0.000000132. The van der Waals surface area contributed by atoms with Crippen molar-refractivity contribution in [3.05, 3.63) is 284 Å². The van der Waals surface area contributed by atoms with Gasteiger partial charge in [0.15, 0.2) is 23.5 Å². The van der Waals surface area contributed by atoms with Crippen LogP contribution in [0.1, 0.15) is 220 Å². The van der Waals surface area contributed by atoms with Gasteiger partial charge in [-0.1, -0.05) is 78.7 Å². The normalized spacial score (nSPS) is 14.0. The monoisotopic (exact) mass is 1950 g/mol. The van der Waals surface area contributed by atoms with Crippen LogP contribution in [0.4, 0.5) is 14.5 Å². The number of carboxylic acid groups (broad SMARTS) is 1. The number of aromatic nitrogens is 4. The van der Waals surface area contributed by atoms with E-state index in [1.165, 1.54) is 35.7 Å². The summed E-state index contributed by atoms with van der Waals surface area (Å²) in [6, 6.07) is 54.9. The minimum absolute atomic E-state index is 0.0267. The molecule has 1 N–H and O–H groups in total. The van der Waals surface area contributed by atoms with Crippen molar-refractivity contribution in [3.8, 4) is 85.1 Å². The van der Waals surface area contributed by atoms with E-state index in [9.17, 15) is 33.1 Å². The molecule has 0 spiro atoms. The number of Topliss-reactive ketones (excluding diaryl/α,β-unsaturated/α-hetero) is 3. The van der Waals surface area contributed by atoms with Crippen LogP contribution in [0.25, 0.3) is 136 Å². The largest absolute Gasteiger partial charge is 0.504 e. The number of aryl methyl sites for hydroxylation is 4. The van der Waals surface area contributed by atoms with Crippen LogP contribution in [0.15, 0.2) is 195 Å². The molecule has 0 aliphatic carbocycles. The Morgan fingerprint density at radius 2 is 0.793 bits per heavy atom. The zero-order chi connectivity index (χ0) is 103. The van der Waals surface area contributed by atoms with E-state index in [1.54, 1.807) is 39.3 Å². The number of hydrogen-bond donors (Lipinski definition) is 1. The number of aliphatic carboxylic acids is 1. The number of ether oxygens (including phenoxy) is 10. The zero-order valence-electron chi connectivity index (χ0n) is 86.1. The molecule has 0 radical (unpaired) electrons. The first-order chi connectivity index (χ1) is 69.2. The van der Waals surface area contributed by atoms with Gasteiger partial charge in [0.1, 0.15) is 47.1 Å². The second-order valence-corrected chi connectivity index (χ2v) is 41.1. The number of halogens is 2. The number of carbonyl (C=O) groups excluding carboxylic acids is 3. The van der Waals surface area contributed by atoms with Crippen molar-refractivity contribution in [2.24, 2.45) is 0 Å². The van der Waals surface area contributed by atoms with E-state index in [0.29, 0.717) is 55.4 Å². The summed E-state index contributed by atoms with van der Waals surface area (Å²) < 4.78 is 87.7. The summed E-state index contributed by atoms with van der Waals surface area (Å²) in [4.78, 5) is 74.8. The van der Waals surface area contributed by atoms with E-state index in [2.05, 4.69) is 53.9 Å². The third-order valence-electron chi connectivity index (χ3n) is 26.6. The Kier molecular flexibility index (Phi) is 29.1. The molecule has 12 aromatic carbocycles. The van der Waals surface area contributed by atoms with Gasteiger partial charge in [0, 0.05) is 123 Å². The second kappa shape index (κ2) is 41.3. The molecule has 0 fully saturated rings. The SMILES string of the molecule is CC#Cc1ccc2c(-c3ccc4c5c(ccnc35)CCO4)c([C@H](OC(C)(C)C)C(C)=O)c(C)cc2c1.CC(=O)[C@@H](OC(C)(C)C)c1c(C)cc2cc(C(F)F)ccc2c1-c1ccc2c3c(ccnc13)CCO2.COCC(C)(C)O[C@H](C(=O)O)c1c(C)cc2ccccc2c1-c1ccc2c3c(ccnc13)CCO2.[C-]#[N+]c1ccc2c(-c3ccc4c5c(ccnc35)CCO4)c([C@H](OC(C)(C)C)C(C)=O)c(C)cc2c1OCC. The van der Waals surface area contributed by atoms with Crippen LogP contribution in [0, 0.1) is 46.1 Å². The molecule has 22 heteroatoms. The summed E-state index contributed by atoms with van der Waals surface area (Å²) in [6.07, 6.45) is 4.46. The van der Waals surface area contributed by atoms with Crippen molar-refractivity contribution in [2.75, 3.05) is 46.8 Å². The predicted molar refractivity (Wildman–Crippen MR) is 570 cm³/mol. The lowest BCUT2D eigenvalue weighted by atomic mass is 9.84. The fourth-order valence-corrected chi connectivity index (χ4v) is 20.9. The molecule has 4 aliphatic heterocycles. The van der Waals surface area contributed by atoms with E-state index in [-0.39, 0.29) is 29.5 Å². The maximum absolute atomic E-state index is 13.6. The zero-order valence-corrected chi connectivity index (χ0v) is 86.1. The molecule has 20 rings (SSSR count). The summed E-state index contributed by atoms with van der Waals surface area (Å²) in [5.74, 6) is 8.68. The summed E-state index contributed by atoms with van der Waals surface area (Å²) >= 11 is 0. The lowest BCUT2D eigenvalue weighted by Crippen LogP contribution is -2.35. The maximum Gasteiger partial charge on any atom is 0.337 e. The Labute approximate surface area is 844 Å². The number of nitrogens with zero attached hydrogens (tertiary/aromatic N) is 5. The van der Waals surface area contributed by atoms with Crippen LogP contribution in [0.5, 0.6) is 28.7 Å². The van der Waals surface area contributed by atoms with E-state index >= 15 is 0 Å². The third-order valence-corrected chi connectivity index (χ3v) is 26.6. The molecule has 8 heterocycles. The molecule has 20 nitrogen and oxygen atoms in total. The third kappa shape index (κ3) is 20.6. The number of carboxylic acids is 1. The molecule has 4 aromatic heterocycles. The van der Waals surface area contributed by atoms with Crippen molar-refractivity contribution in [3.63, 3.8) is 0 Å². The summed E-state index contributed by atoms with van der Waals surface area (Å²) in [6.45, 7) is 48.5. The van der Waals surface area contributed by atoms with Crippen LogP contribution in [-0.2, 0) is 68.5 Å². The molecule has 145 heavy (non-hydrogen) atoms. The van der Waals surface area contributed by atoms with E-state index in [0.717, 1.165) is 225 Å². The van der Waals surface area contributed by atoms with Crippen molar-refractivity contribution in [2.45, 2.75) is 217 Å².